The Labute approximate surface area is 159 Å². The molecule has 1 aliphatic heterocycles. The largest absolute Gasteiger partial charge is 0.481 e. The predicted molar refractivity (Wildman–Crippen MR) is 103 cm³/mol. The average Bonchev–Trinajstić information content (AvgIpc) is 3.05. The van der Waals surface area contributed by atoms with Crippen LogP contribution in [0.3, 0.4) is 0 Å². The summed E-state index contributed by atoms with van der Waals surface area (Å²) in [6.45, 7) is 5.05. The Hall–Kier alpha value is -2.83. The van der Waals surface area contributed by atoms with Gasteiger partial charge in [0.1, 0.15) is 0 Å². The van der Waals surface area contributed by atoms with Gasteiger partial charge in [-0.25, -0.2) is 9.48 Å². The van der Waals surface area contributed by atoms with Crippen molar-refractivity contribution in [3.63, 3.8) is 0 Å². The minimum Gasteiger partial charge on any atom is -0.481 e. The van der Waals surface area contributed by atoms with E-state index in [1.54, 1.807) is 11.1 Å². The first kappa shape index (κ1) is 18.9. The number of nitrogens with one attached hydrogen (secondary N) is 1. The van der Waals surface area contributed by atoms with Crippen molar-refractivity contribution >= 4 is 17.7 Å². The molecule has 0 unspecified atom stereocenters. The lowest BCUT2D eigenvalue weighted by Crippen LogP contribution is -2.42. The first-order valence-corrected chi connectivity index (χ1v) is 9.43. The molecule has 144 valence electrons. The number of hydrogen-bond donors (Lipinski definition) is 2. The summed E-state index contributed by atoms with van der Waals surface area (Å²) in [6, 6.07) is 7.83. The molecule has 2 amide bonds. The molecule has 7 nitrogen and oxygen atoms in total. The standard InChI is InChI=1S/C20H26N4O3/c1-3-6-18-16(13-21-24(18)17-8-5-4-7-14(17)2)22-20(27)23-11-9-15(10-12-23)19(25)26/h4-5,7-8,13,15H,3,6,9-12H2,1-2H3,(H,22,27)(H,25,26). The molecule has 0 aliphatic carbocycles. The quantitative estimate of drug-likeness (QED) is 0.844. The number of hydrogen-bond acceptors (Lipinski definition) is 3. The number of anilines is 1. The van der Waals surface area contributed by atoms with E-state index in [1.165, 1.54) is 0 Å². The molecule has 7 heteroatoms. The van der Waals surface area contributed by atoms with Crippen LogP contribution in [-0.4, -0.2) is 44.9 Å². The van der Waals surface area contributed by atoms with Crippen LogP contribution >= 0.6 is 0 Å². The number of carboxylic acids is 1. The van der Waals surface area contributed by atoms with Crippen LogP contribution in [-0.2, 0) is 11.2 Å². The molecule has 1 aromatic carbocycles. The highest BCUT2D eigenvalue weighted by molar-refractivity contribution is 5.90. The topological polar surface area (TPSA) is 87.5 Å². The first-order chi connectivity index (χ1) is 13.0. The molecule has 2 heterocycles. The van der Waals surface area contributed by atoms with Gasteiger partial charge in [0.15, 0.2) is 0 Å². The summed E-state index contributed by atoms with van der Waals surface area (Å²) in [7, 11) is 0. The summed E-state index contributed by atoms with van der Waals surface area (Å²) in [5.41, 5.74) is 3.81. The molecule has 3 rings (SSSR count). The number of amides is 2. The van der Waals surface area contributed by atoms with Gasteiger partial charge in [-0.1, -0.05) is 31.5 Å². The lowest BCUT2D eigenvalue weighted by molar-refractivity contribution is -0.143. The monoisotopic (exact) mass is 370 g/mol. The molecule has 2 aromatic rings. The highest BCUT2D eigenvalue weighted by atomic mass is 16.4. The molecule has 0 atom stereocenters. The molecule has 0 radical (unpaired) electrons. The number of aryl methyl sites for hydroxylation is 1. The maximum Gasteiger partial charge on any atom is 0.321 e. The lowest BCUT2D eigenvalue weighted by atomic mass is 9.97. The fraction of sp³-hybridized carbons (Fsp3) is 0.450. The molecular formula is C20H26N4O3. The minimum atomic E-state index is -0.778. The van der Waals surface area contributed by atoms with Crippen LogP contribution in [0.25, 0.3) is 5.69 Å². The van der Waals surface area contributed by atoms with Crippen LogP contribution in [0.15, 0.2) is 30.5 Å². The van der Waals surface area contributed by atoms with Gasteiger partial charge < -0.3 is 15.3 Å². The lowest BCUT2D eigenvalue weighted by Gasteiger charge is -2.30. The van der Waals surface area contributed by atoms with Crippen LogP contribution in [0.1, 0.15) is 37.4 Å². The van der Waals surface area contributed by atoms with Crippen molar-refractivity contribution < 1.29 is 14.7 Å². The zero-order valence-electron chi connectivity index (χ0n) is 15.8. The van der Waals surface area contributed by atoms with Gasteiger partial charge in [0.2, 0.25) is 0 Å². The van der Waals surface area contributed by atoms with Crippen molar-refractivity contribution in [1.29, 1.82) is 0 Å². The normalized spacial score (nSPS) is 15.0. The Kier molecular flexibility index (Phi) is 5.78. The molecule has 0 bridgehead atoms. The highest BCUT2D eigenvalue weighted by Gasteiger charge is 2.27. The van der Waals surface area contributed by atoms with Gasteiger partial charge in [0, 0.05) is 13.1 Å². The predicted octanol–water partition coefficient (Wildman–Crippen LogP) is 3.46. The van der Waals surface area contributed by atoms with Gasteiger partial charge in [-0.2, -0.15) is 5.10 Å². The van der Waals surface area contributed by atoms with E-state index in [4.69, 9.17) is 5.11 Å². The third kappa shape index (κ3) is 4.13. The first-order valence-electron chi connectivity index (χ1n) is 9.43. The van der Waals surface area contributed by atoms with Crippen LogP contribution in [0.2, 0.25) is 0 Å². The number of carboxylic acid groups (broad SMARTS) is 1. The third-order valence-electron chi connectivity index (χ3n) is 5.07. The summed E-state index contributed by atoms with van der Waals surface area (Å²) >= 11 is 0. The Morgan fingerprint density at radius 1 is 1.26 bits per heavy atom. The van der Waals surface area contributed by atoms with E-state index in [9.17, 15) is 9.59 Å². The number of rotatable bonds is 5. The van der Waals surface area contributed by atoms with E-state index in [1.807, 2.05) is 35.9 Å². The smallest absolute Gasteiger partial charge is 0.321 e. The maximum absolute atomic E-state index is 12.6. The molecule has 1 saturated heterocycles. The molecule has 0 spiro atoms. The van der Waals surface area contributed by atoms with Gasteiger partial charge in [0.25, 0.3) is 0 Å². The van der Waals surface area contributed by atoms with Crippen molar-refractivity contribution in [2.75, 3.05) is 18.4 Å². The third-order valence-corrected chi connectivity index (χ3v) is 5.07. The van der Waals surface area contributed by atoms with E-state index in [2.05, 4.69) is 17.3 Å². The number of nitrogens with zero attached hydrogens (tertiary/aromatic N) is 3. The molecule has 1 aromatic heterocycles. The number of piperidine rings is 1. The van der Waals surface area contributed by atoms with Crippen molar-refractivity contribution in [2.45, 2.75) is 39.5 Å². The highest BCUT2D eigenvalue weighted by Crippen LogP contribution is 2.24. The van der Waals surface area contributed by atoms with Gasteiger partial charge in [0.05, 0.1) is 29.2 Å². The van der Waals surface area contributed by atoms with Crippen LogP contribution in [0.5, 0.6) is 0 Å². The second kappa shape index (κ2) is 8.24. The molecule has 0 saturated carbocycles. The summed E-state index contributed by atoms with van der Waals surface area (Å²) in [5.74, 6) is -1.13. The van der Waals surface area contributed by atoms with Crippen LogP contribution in [0, 0.1) is 12.8 Å². The Bertz CT molecular complexity index is 822. The summed E-state index contributed by atoms with van der Waals surface area (Å²) in [5, 5.41) is 16.6. The van der Waals surface area contributed by atoms with E-state index in [0.29, 0.717) is 31.6 Å². The SMILES string of the molecule is CCCc1c(NC(=O)N2CCC(C(=O)O)CC2)cnn1-c1ccccc1C. The number of benzene rings is 1. The van der Waals surface area contributed by atoms with E-state index < -0.39 is 5.97 Å². The van der Waals surface area contributed by atoms with Crippen molar-refractivity contribution in [3.05, 3.63) is 41.7 Å². The van der Waals surface area contributed by atoms with Crippen molar-refractivity contribution in [1.82, 2.24) is 14.7 Å². The molecule has 27 heavy (non-hydrogen) atoms. The number of carbonyl (C=O) groups is 2. The fourth-order valence-corrected chi connectivity index (χ4v) is 3.49. The van der Waals surface area contributed by atoms with Crippen LogP contribution < -0.4 is 5.32 Å². The van der Waals surface area contributed by atoms with Gasteiger partial charge in [-0.3, -0.25) is 4.79 Å². The Morgan fingerprint density at radius 2 is 1.96 bits per heavy atom. The van der Waals surface area contributed by atoms with Gasteiger partial charge in [-0.05, 0) is 37.8 Å². The van der Waals surface area contributed by atoms with Gasteiger partial charge >= 0.3 is 12.0 Å². The number of likely N-dealkylation sites (tertiary alicyclic amines) is 1. The average molecular weight is 370 g/mol. The summed E-state index contributed by atoms with van der Waals surface area (Å²) < 4.78 is 1.89. The number of aromatic nitrogens is 2. The molecule has 2 N–H and O–H groups in total. The van der Waals surface area contributed by atoms with Crippen LogP contribution in [0.4, 0.5) is 10.5 Å². The minimum absolute atomic E-state index is 0.194. The Morgan fingerprint density at radius 3 is 2.59 bits per heavy atom. The van der Waals surface area contributed by atoms with E-state index >= 15 is 0 Å². The maximum atomic E-state index is 12.6. The van der Waals surface area contributed by atoms with E-state index in [0.717, 1.165) is 29.8 Å². The molecule has 1 aliphatic rings. The second-order valence-electron chi connectivity index (χ2n) is 6.98. The number of carbonyl (C=O) groups excluding carboxylic acids is 1. The number of para-hydroxylation sites is 1. The van der Waals surface area contributed by atoms with E-state index in [-0.39, 0.29) is 11.9 Å². The second-order valence-corrected chi connectivity index (χ2v) is 6.98. The van der Waals surface area contributed by atoms with Crippen molar-refractivity contribution in [2.24, 2.45) is 5.92 Å². The van der Waals surface area contributed by atoms with Gasteiger partial charge in [-0.15, -0.1) is 0 Å². The summed E-state index contributed by atoms with van der Waals surface area (Å²) in [4.78, 5) is 25.4. The zero-order valence-corrected chi connectivity index (χ0v) is 15.8. The number of urea groups is 1. The Balaban J connectivity index is 1.76. The molecular weight excluding hydrogens is 344 g/mol. The summed E-state index contributed by atoms with van der Waals surface area (Å²) in [6.07, 6.45) is 4.41. The number of aliphatic carboxylic acids is 1. The fourth-order valence-electron chi connectivity index (χ4n) is 3.49. The zero-order chi connectivity index (χ0) is 19.4. The molecule has 1 fully saturated rings. The van der Waals surface area contributed by atoms with Crippen molar-refractivity contribution in [3.8, 4) is 5.69 Å².